The number of amides is 1. The van der Waals surface area contributed by atoms with Gasteiger partial charge in [-0.3, -0.25) is 14.2 Å². The maximum absolute atomic E-state index is 14.5. The Kier molecular flexibility index (Phi) is 6.91. The first-order valence-corrected chi connectivity index (χ1v) is 14.0. The van der Waals surface area contributed by atoms with Crippen LogP contribution in [-0.4, -0.2) is 56.7 Å². The molecular formula is C29H36F2N6O2. The van der Waals surface area contributed by atoms with Crippen LogP contribution in [-0.2, 0) is 28.9 Å². The lowest BCUT2D eigenvalue weighted by Crippen LogP contribution is -2.36. The molecule has 2 aromatic heterocycles. The minimum absolute atomic E-state index is 0.00653. The topological polar surface area (TPSA) is 68.4 Å². The highest BCUT2D eigenvalue weighted by atomic mass is 19.3. The molecule has 1 saturated heterocycles. The molecule has 1 fully saturated rings. The van der Waals surface area contributed by atoms with Gasteiger partial charge in [-0.15, -0.1) is 0 Å². The number of halogens is 2. The highest BCUT2D eigenvalue weighted by molar-refractivity contribution is 5.78. The van der Waals surface area contributed by atoms with Crippen LogP contribution in [0.1, 0.15) is 80.9 Å². The summed E-state index contributed by atoms with van der Waals surface area (Å²) in [6, 6.07) is 3.97. The molecule has 0 bridgehead atoms. The first-order valence-electron chi connectivity index (χ1n) is 14.0. The number of hydrogen-bond donors (Lipinski definition) is 0. The molecule has 0 N–H and O–H groups in total. The van der Waals surface area contributed by atoms with E-state index in [0.717, 1.165) is 60.4 Å². The summed E-state index contributed by atoms with van der Waals surface area (Å²) in [5.74, 6) is 0.833. The maximum atomic E-state index is 14.5. The van der Waals surface area contributed by atoms with Crippen LogP contribution in [0.2, 0.25) is 0 Å². The Morgan fingerprint density at radius 2 is 1.92 bits per heavy atom. The Morgan fingerprint density at radius 1 is 1.13 bits per heavy atom. The van der Waals surface area contributed by atoms with E-state index in [1.165, 1.54) is 0 Å². The number of aryl methyl sites for hydroxylation is 1. The average molecular weight is 539 g/mol. The smallest absolute Gasteiger partial charge is 0.264 e. The minimum Gasteiger partial charge on any atom is -0.381 e. The molecule has 3 aromatic rings. The zero-order valence-corrected chi connectivity index (χ0v) is 22.9. The van der Waals surface area contributed by atoms with Gasteiger partial charge in [0.15, 0.2) is 5.82 Å². The first-order chi connectivity index (χ1) is 18.8. The lowest BCUT2D eigenvalue weighted by Gasteiger charge is -2.33. The van der Waals surface area contributed by atoms with Crippen LogP contribution < -0.4 is 4.90 Å². The fraction of sp³-hybridized carbons (Fsp3) is 0.552. The van der Waals surface area contributed by atoms with Crippen LogP contribution >= 0.6 is 0 Å². The number of ether oxygens (including phenoxy) is 1. The van der Waals surface area contributed by atoms with E-state index in [0.29, 0.717) is 44.0 Å². The lowest BCUT2D eigenvalue weighted by atomic mass is 9.92. The molecule has 0 spiro atoms. The van der Waals surface area contributed by atoms with Gasteiger partial charge < -0.3 is 14.5 Å². The molecule has 208 valence electrons. The molecule has 10 heteroatoms. The highest BCUT2D eigenvalue weighted by Gasteiger charge is 2.34. The molecule has 1 aromatic carbocycles. The van der Waals surface area contributed by atoms with Gasteiger partial charge in [-0.05, 0) is 62.8 Å². The molecule has 0 unspecified atom stereocenters. The predicted molar refractivity (Wildman–Crippen MR) is 144 cm³/mol. The number of fused-ring (bicyclic) bond motifs is 2. The summed E-state index contributed by atoms with van der Waals surface area (Å²) in [5.41, 5.74) is 5.27. The van der Waals surface area contributed by atoms with Gasteiger partial charge in [-0.25, -0.2) is 8.78 Å². The third kappa shape index (κ3) is 4.73. The van der Waals surface area contributed by atoms with Crippen molar-refractivity contribution in [3.8, 4) is 11.1 Å². The van der Waals surface area contributed by atoms with E-state index < -0.39 is 6.43 Å². The number of carbonyl (C=O) groups is 1. The summed E-state index contributed by atoms with van der Waals surface area (Å²) in [4.78, 5) is 16.3. The number of hydrogen-bond acceptors (Lipinski definition) is 5. The van der Waals surface area contributed by atoms with Crippen molar-refractivity contribution in [2.75, 3.05) is 31.2 Å². The second-order valence-corrected chi connectivity index (χ2v) is 11.2. The summed E-state index contributed by atoms with van der Waals surface area (Å²) >= 11 is 0. The molecule has 0 aliphatic carbocycles. The van der Waals surface area contributed by atoms with Crippen molar-refractivity contribution in [1.82, 2.24) is 24.5 Å². The molecule has 39 heavy (non-hydrogen) atoms. The number of alkyl halides is 2. The summed E-state index contributed by atoms with van der Waals surface area (Å²) < 4.78 is 38.6. The second kappa shape index (κ2) is 10.4. The van der Waals surface area contributed by atoms with E-state index >= 15 is 0 Å². The van der Waals surface area contributed by atoms with Crippen molar-refractivity contribution >= 4 is 17.4 Å². The van der Waals surface area contributed by atoms with E-state index in [1.807, 2.05) is 31.0 Å². The van der Waals surface area contributed by atoms with E-state index in [-0.39, 0.29) is 23.6 Å². The number of nitrogens with zero attached hydrogens (tertiary/aromatic N) is 6. The van der Waals surface area contributed by atoms with Gasteiger partial charge >= 0.3 is 0 Å². The first kappa shape index (κ1) is 26.0. The third-order valence-electron chi connectivity index (χ3n) is 8.35. The van der Waals surface area contributed by atoms with Crippen molar-refractivity contribution < 1.29 is 18.3 Å². The Labute approximate surface area is 227 Å². The van der Waals surface area contributed by atoms with Crippen molar-refractivity contribution in [1.29, 1.82) is 0 Å². The lowest BCUT2D eigenvalue weighted by molar-refractivity contribution is -0.129. The van der Waals surface area contributed by atoms with Gasteiger partial charge in [-0.2, -0.15) is 10.2 Å². The predicted octanol–water partition coefficient (Wildman–Crippen LogP) is 5.61. The quantitative estimate of drug-likeness (QED) is 0.423. The molecule has 0 saturated carbocycles. The molecule has 6 rings (SSSR count). The standard InChI is InChI=1S/C29H36F2N6O2/c1-18(2)36-16-21(15-32-36)23-13-20-5-4-9-35(27(20)14-24(23)28(30)31)29-25-17-34(19(3)38)10-6-26(25)37(33-29)22-7-11-39-12-8-22/h13-16,18,22,28H,4-12,17H2,1-3H3. The molecule has 3 aliphatic heterocycles. The summed E-state index contributed by atoms with van der Waals surface area (Å²) in [5, 5.41) is 9.55. The molecule has 8 nitrogen and oxygen atoms in total. The zero-order chi connectivity index (χ0) is 27.3. The molecule has 0 radical (unpaired) electrons. The fourth-order valence-electron chi connectivity index (χ4n) is 6.20. The van der Waals surface area contributed by atoms with Gasteiger partial charge in [-0.1, -0.05) is 0 Å². The fourth-order valence-corrected chi connectivity index (χ4v) is 6.20. The van der Waals surface area contributed by atoms with Gasteiger partial charge in [0.1, 0.15) is 0 Å². The number of carbonyl (C=O) groups excluding carboxylic acids is 1. The Bertz CT molecular complexity index is 1370. The van der Waals surface area contributed by atoms with Crippen LogP contribution in [0.15, 0.2) is 24.5 Å². The van der Waals surface area contributed by atoms with Crippen LogP contribution in [0.25, 0.3) is 11.1 Å². The number of rotatable bonds is 5. The molecule has 3 aliphatic rings. The molecular weight excluding hydrogens is 502 g/mol. The molecule has 1 amide bonds. The Morgan fingerprint density at radius 3 is 2.62 bits per heavy atom. The summed E-state index contributed by atoms with van der Waals surface area (Å²) in [6.07, 6.45) is 5.12. The van der Waals surface area contributed by atoms with Gasteiger partial charge in [0, 0.05) is 80.0 Å². The number of anilines is 2. The van der Waals surface area contributed by atoms with Crippen molar-refractivity contribution in [2.24, 2.45) is 0 Å². The van der Waals surface area contributed by atoms with Crippen molar-refractivity contribution in [3.63, 3.8) is 0 Å². The van der Waals surface area contributed by atoms with E-state index in [4.69, 9.17) is 9.84 Å². The average Bonchev–Trinajstić information content (AvgIpc) is 3.58. The van der Waals surface area contributed by atoms with Crippen LogP contribution in [0.4, 0.5) is 20.3 Å². The van der Waals surface area contributed by atoms with Gasteiger partial charge in [0.25, 0.3) is 6.43 Å². The largest absolute Gasteiger partial charge is 0.381 e. The van der Waals surface area contributed by atoms with E-state index in [9.17, 15) is 13.6 Å². The van der Waals surface area contributed by atoms with Crippen molar-refractivity contribution in [3.05, 3.63) is 46.9 Å². The van der Waals surface area contributed by atoms with E-state index in [2.05, 4.69) is 14.7 Å². The minimum atomic E-state index is -2.63. The van der Waals surface area contributed by atoms with Crippen LogP contribution in [0.3, 0.4) is 0 Å². The monoisotopic (exact) mass is 538 g/mol. The Hall–Kier alpha value is -3.27. The maximum Gasteiger partial charge on any atom is 0.264 e. The SMILES string of the molecule is CC(=O)N1CCc2c(c(N3CCCc4cc(-c5cnn(C(C)C)c5)c(C(F)F)cc43)nn2C2CCOCC2)C1. The van der Waals surface area contributed by atoms with Crippen LogP contribution in [0, 0.1) is 0 Å². The van der Waals surface area contributed by atoms with Crippen LogP contribution in [0.5, 0.6) is 0 Å². The van der Waals surface area contributed by atoms with E-state index in [1.54, 1.807) is 23.9 Å². The summed E-state index contributed by atoms with van der Waals surface area (Å²) in [6.45, 7) is 8.88. The summed E-state index contributed by atoms with van der Waals surface area (Å²) in [7, 11) is 0. The molecule has 5 heterocycles. The Balaban J connectivity index is 1.45. The number of aromatic nitrogens is 4. The zero-order valence-electron chi connectivity index (χ0n) is 22.9. The van der Waals surface area contributed by atoms with Gasteiger partial charge in [0.05, 0.1) is 18.8 Å². The van der Waals surface area contributed by atoms with Crippen molar-refractivity contribution in [2.45, 2.75) is 77.9 Å². The highest BCUT2D eigenvalue weighted by Crippen LogP contribution is 2.43. The molecule has 0 atom stereocenters. The normalized spacial score (nSPS) is 18.1. The number of benzene rings is 1. The third-order valence-corrected chi connectivity index (χ3v) is 8.35. The van der Waals surface area contributed by atoms with Gasteiger partial charge in [0.2, 0.25) is 5.91 Å². The second-order valence-electron chi connectivity index (χ2n) is 11.2.